The number of amides is 2. The Hall–Kier alpha value is -3.61. The fraction of sp³-hybridized carbons (Fsp3) is 0.292. The first-order chi connectivity index (χ1) is 15.0. The zero-order valence-electron chi connectivity index (χ0n) is 18.1. The van der Waals surface area contributed by atoms with Gasteiger partial charge in [-0.1, -0.05) is 18.2 Å². The Labute approximate surface area is 182 Å². The quantitative estimate of drug-likeness (QED) is 0.557. The van der Waals surface area contributed by atoms with Crippen LogP contribution in [0.3, 0.4) is 0 Å². The molecule has 0 unspecified atom stereocenters. The molecule has 0 aliphatic heterocycles. The lowest BCUT2D eigenvalue weighted by Gasteiger charge is -2.15. The van der Waals surface area contributed by atoms with E-state index in [1.165, 1.54) is 0 Å². The van der Waals surface area contributed by atoms with E-state index in [0.717, 1.165) is 17.1 Å². The van der Waals surface area contributed by atoms with Gasteiger partial charge >= 0.3 is 0 Å². The molecule has 0 aliphatic carbocycles. The number of benzene rings is 2. The van der Waals surface area contributed by atoms with Crippen LogP contribution in [0, 0.1) is 6.92 Å². The van der Waals surface area contributed by atoms with Crippen molar-refractivity contribution in [2.24, 2.45) is 0 Å². The number of nitrogens with one attached hydrogen (secondary N) is 2. The van der Waals surface area contributed by atoms with Crippen LogP contribution in [0.15, 0.2) is 60.7 Å². The lowest BCUT2D eigenvalue weighted by Crippen LogP contribution is -2.41. The fourth-order valence-electron chi connectivity index (χ4n) is 3.31. The third-order valence-electron chi connectivity index (χ3n) is 4.67. The van der Waals surface area contributed by atoms with Crippen molar-refractivity contribution >= 4 is 11.8 Å². The predicted octanol–water partition coefficient (Wildman–Crippen LogP) is 3.06. The number of hydrogen-bond acceptors (Lipinski definition) is 4. The molecule has 2 aromatic carbocycles. The maximum atomic E-state index is 12.3. The van der Waals surface area contributed by atoms with Crippen LogP contribution in [0.4, 0.5) is 0 Å². The molecule has 2 N–H and O–H groups in total. The molecule has 1 heterocycles. The summed E-state index contributed by atoms with van der Waals surface area (Å²) in [5.74, 6) is 0.161. The second-order valence-corrected chi connectivity index (χ2v) is 7.34. The van der Waals surface area contributed by atoms with Gasteiger partial charge in [-0.25, -0.2) is 4.68 Å². The van der Waals surface area contributed by atoms with Gasteiger partial charge in [0.25, 0.3) is 5.91 Å². The summed E-state index contributed by atoms with van der Waals surface area (Å²) in [6, 6.07) is 18.6. The van der Waals surface area contributed by atoms with Gasteiger partial charge in [0, 0.05) is 23.7 Å². The second-order valence-electron chi connectivity index (χ2n) is 7.34. The molecule has 1 atom stereocenters. The predicted molar refractivity (Wildman–Crippen MR) is 120 cm³/mol. The Bertz CT molecular complexity index is 1010. The number of carbonyl (C=O) groups excluding carboxylic acids is 2. The minimum Gasteiger partial charge on any atom is -0.494 e. The molecule has 0 bridgehead atoms. The van der Waals surface area contributed by atoms with Crippen molar-refractivity contribution in [1.29, 1.82) is 0 Å². The summed E-state index contributed by atoms with van der Waals surface area (Å²) in [6.07, 6.45) is 0.619. The van der Waals surface area contributed by atoms with E-state index in [9.17, 15) is 9.59 Å². The smallest absolute Gasteiger partial charge is 0.251 e. The largest absolute Gasteiger partial charge is 0.494 e. The Morgan fingerprint density at radius 2 is 1.81 bits per heavy atom. The zero-order chi connectivity index (χ0) is 22.2. The van der Waals surface area contributed by atoms with Gasteiger partial charge < -0.3 is 15.4 Å². The zero-order valence-corrected chi connectivity index (χ0v) is 18.1. The van der Waals surface area contributed by atoms with Gasteiger partial charge in [0.05, 0.1) is 24.5 Å². The van der Waals surface area contributed by atoms with Crippen LogP contribution in [0.2, 0.25) is 0 Å². The van der Waals surface area contributed by atoms with E-state index in [0.29, 0.717) is 24.3 Å². The number of nitrogens with zero attached hydrogens (tertiary/aromatic N) is 2. The number of para-hydroxylation sites is 1. The molecule has 2 amide bonds. The molecule has 0 saturated carbocycles. The number of aromatic nitrogens is 2. The van der Waals surface area contributed by atoms with Crippen LogP contribution in [0.25, 0.3) is 5.69 Å². The molecular formula is C24H28N4O3. The lowest BCUT2D eigenvalue weighted by molar-refractivity contribution is -0.120. The molecule has 0 spiro atoms. The Kier molecular flexibility index (Phi) is 7.43. The van der Waals surface area contributed by atoms with E-state index in [2.05, 4.69) is 15.7 Å². The van der Waals surface area contributed by atoms with Crippen molar-refractivity contribution in [1.82, 2.24) is 20.4 Å². The van der Waals surface area contributed by atoms with Crippen LogP contribution in [0.1, 0.15) is 35.6 Å². The molecule has 31 heavy (non-hydrogen) atoms. The lowest BCUT2D eigenvalue weighted by atomic mass is 10.1. The first kappa shape index (κ1) is 22.1. The Morgan fingerprint density at radius 1 is 1.10 bits per heavy atom. The number of carbonyl (C=O) groups is 2. The number of aryl methyl sites for hydroxylation is 1. The molecule has 7 nitrogen and oxygen atoms in total. The monoisotopic (exact) mass is 420 g/mol. The summed E-state index contributed by atoms with van der Waals surface area (Å²) >= 11 is 0. The molecule has 0 fully saturated rings. The van der Waals surface area contributed by atoms with E-state index in [4.69, 9.17) is 4.74 Å². The highest BCUT2D eigenvalue weighted by Crippen LogP contribution is 2.14. The first-order valence-electron chi connectivity index (χ1n) is 10.4. The van der Waals surface area contributed by atoms with Crippen molar-refractivity contribution in [3.63, 3.8) is 0 Å². The Morgan fingerprint density at radius 3 is 2.48 bits per heavy atom. The summed E-state index contributed by atoms with van der Waals surface area (Å²) in [5.41, 5.74) is 3.38. The standard InChI is InChI=1S/C24H28N4O3/c1-4-31-22-12-10-19(11-13-22)24(30)25-16-23(29)26-17(2)14-21-15-18(3)27-28(21)20-8-6-5-7-9-20/h5-13,15,17H,4,14,16H2,1-3H3,(H,25,30)(H,26,29)/t17-/m1/s1. The number of rotatable bonds is 9. The second kappa shape index (κ2) is 10.4. The van der Waals surface area contributed by atoms with E-state index >= 15 is 0 Å². The van der Waals surface area contributed by atoms with Gasteiger partial charge in [0.2, 0.25) is 5.91 Å². The van der Waals surface area contributed by atoms with E-state index < -0.39 is 0 Å². The molecule has 1 aromatic heterocycles. The van der Waals surface area contributed by atoms with Gasteiger partial charge in [0.1, 0.15) is 5.75 Å². The van der Waals surface area contributed by atoms with Crippen LogP contribution in [-0.2, 0) is 11.2 Å². The minimum atomic E-state index is -0.302. The summed E-state index contributed by atoms with van der Waals surface area (Å²) < 4.78 is 7.26. The first-order valence-corrected chi connectivity index (χ1v) is 10.4. The van der Waals surface area contributed by atoms with Gasteiger partial charge in [-0.05, 0) is 63.2 Å². The van der Waals surface area contributed by atoms with Crippen LogP contribution < -0.4 is 15.4 Å². The van der Waals surface area contributed by atoms with E-state index in [1.54, 1.807) is 24.3 Å². The van der Waals surface area contributed by atoms with Crippen molar-refractivity contribution in [2.75, 3.05) is 13.2 Å². The molecule has 3 aromatic rings. The third kappa shape index (κ3) is 6.18. The number of ether oxygens (including phenoxy) is 1. The third-order valence-corrected chi connectivity index (χ3v) is 4.67. The summed E-state index contributed by atoms with van der Waals surface area (Å²) in [4.78, 5) is 24.6. The van der Waals surface area contributed by atoms with Crippen LogP contribution >= 0.6 is 0 Å². The van der Waals surface area contributed by atoms with Crippen LogP contribution in [-0.4, -0.2) is 40.8 Å². The fourth-order valence-corrected chi connectivity index (χ4v) is 3.31. The van der Waals surface area contributed by atoms with Crippen molar-refractivity contribution in [3.05, 3.63) is 77.6 Å². The molecule has 0 radical (unpaired) electrons. The highest BCUT2D eigenvalue weighted by molar-refractivity contribution is 5.96. The maximum Gasteiger partial charge on any atom is 0.251 e. The average Bonchev–Trinajstić information content (AvgIpc) is 3.13. The molecule has 7 heteroatoms. The van der Waals surface area contributed by atoms with Gasteiger partial charge in [0.15, 0.2) is 0 Å². The topological polar surface area (TPSA) is 85.2 Å². The van der Waals surface area contributed by atoms with Crippen molar-refractivity contribution < 1.29 is 14.3 Å². The normalized spacial score (nSPS) is 11.6. The average molecular weight is 421 g/mol. The van der Waals surface area contributed by atoms with Crippen molar-refractivity contribution in [2.45, 2.75) is 33.2 Å². The molecule has 0 saturated heterocycles. The molecule has 3 rings (SSSR count). The molecular weight excluding hydrogens is 392 g/mol. The van der Waals surface area contributed by atoms with E-state index in [1.807, 2.05) is 61.9 Å². The Balaban J connectivity index is 1.51. The van der Waals surface area contributed by atoms with Gasteiger partial charge in [-0.2, -0.15) is 5.10 Å². The molecule has 162 valence electrons. The summed E-state index contributed by atoms with van der Waals surface area (Å²) in [7, 11) is 0. The summed E-state index contributed by atoms with van der Waals surface area (Å²) in [5, 5.41) is 10.1. The highest BCUT2D eigenvalue weighted by atomic mass is 16.5. The van der Waals surface area contributed by atoms with Gasteiger partial charge in [-0.3, -0.25) is 9.59 Å². The summed E-state index contributed by atoms with van der Waals surface area (Å²) in [6.45, 7) is 6.26. The number of hydrogen-bond donors (Lipinski definition) is 2. The molecule has 0 aliphatic rings. The SMILES string of the molecule is CCOc1ccc(C(=O)NCC(=O)N[C@H](C)Cc2cc(C)nn2-c2ccccc2)cc1. The minimum absolute atomic E-state index is 0.0899. The van der Waals surface area contributed by atoms with E-state index in [-0.39, 0.29) is 24.4 Å². The van der Waals surface area contributed by atoms with Crippen molar-refractivity contribution in [3.8, 4) is 11.4 Å². The van der Waals surface area contributed by atoms with Crippen LogP contribution in [0.5, 0.6) is 5.75 Å². The maximum absolute atomic E-state index is 12.3. The van der Waals surface area contributed by atoms with Gasteiger partial charge in [-0.15, -0.1) is 0 Å². The highest BCUT2D eigenvalue weighted by Gasteiger charge is 2.14.